The third kappa shape index (κ3) is 4.74. The quantitative estimate of drug-likeness (QED) is 0.729. The highest BCUT2D eigenvalue weighted by atomic mass is 16.5. The molecule has 2 nitrogen and oxygen atoms in total. The first-order chi connectivity index (χ1) is 9.92. The Morgan fingerprint density at radius 2 is 1.76 bits per heavy atom. The monoisotopic (exact) mass is 291 g/mol. The van der Waals surface area contributed by atoms with Gasteiger partial charge in [0.2, 0.25) is 0 Å². The molecule has 0 fully saturated rings. The zero-order chi connectivity index (χ0) is 16.0. The number of ether oxygens (including phenoxy) is 1. The van der Waals surface area contributed by atoms with Crippen LogP contribution in [-0.4, -0.2) is 12.6 Å². The number of hydrogen-bond donors (Lipinski definition) is 1. The summed E-state index contributed by atoms with van der Waals surface area (Å²) in [6, 6.07) is 2.51. The lowest BCUT2D eigenvalue weighted by Gasteiger charge is -2.24. The van der Waals surface area contributed by atoms with E-state index in [0.29, 0.717) is 5.92 Å². The normalized spacial score (nSPS) is 14.0. The van der Waals surface area contributed by atoms with Gasteiger partial charge >= 0.3 is 0 Å². The Morgan fingerprint density at radius 1 is 1.10 bits per heavy atom. The van der Waals surface area contributed by atoms with Crippen molar-refractivity contribution in [3.8, 4) is 5.75 Å². The lowest BCUT2D eigenvalue weighted by Crippen LogP contribution is -2.16. The van der Waals surface area contributed by atoms with Crippen LogP contribution < -0.4 is 10.5 Å². The molecule has 0 bridgehead atoms. The molecule has 120 valence electrons. The molecule has 1 aromatic rings. The first-order valence-electron chi connectivity index (χ1n) is 8.41. The van der Waals surface area contributed by atoms with Crippen molar-refractivity contribution in [2.75, 3.05) is 6.61 Å². The molecule has 0 saturated carbocycles. The Morgan fingerprint density at radius 3 is 2.29 bits per heavy atom. The molecule has 1 aromatic carbocycles. The Balaban J connectivity index is 3.08. The lowest BCUT2D eigenvalue weighted by molar-refractivity contribution is 0.314. The third-order valence-corrected chi connectivity index (χ3v) is 4.44. The molecule has 2 heteroatoms. The van der Waals surface area contributed by atoms with Crippen molar-refractivity contribution >= 4 is 0 Å². The standard InChI is InChI=1S/C19H33NO/c1-7-11-21-18-12-13(3)19(16(6)15(18)5)17(8-2)10-9-14(4)20/h12,14,17H,7-11,20H2,1-6H3. The van der Waals surface area contributed by atoms with Crippen molar-refractivity contribution in [3.63, 3.8) is 0 Å². The van der Waals surface area contributed by atoms with Crippen LogP contribution >= 0.6 is 0 Å². The molecule has 0 amide bonds. The highest BCUT2D eigenvalue weighted by molar-refractivity contribution is 5.49. The van der Waals surface area contributed by atoms with Gasteiger partial charge in [-0.1, -0.05) is 13.8 Å². The van der Waals surface area contributed by atoms with Crippen LogP contribution in [0.15, 0.2) is 6.07 Å². The van der Waals surface area contributed by atoms with Gasteiger partial charge in [0.1, 0.15) is 5.75 Å². The molecule has 0 heterocycles. The SMILES string of the molecule is CCCOc1cc(C)c(C(CC)CCC(C)N)c(C)c1C. The largest absolute Gasteiger partial charge is 0.493 e. The molecule has 0 radical (unpaired) electrons. The first-order valence-corrected chi connectivity index (χ1v) is 8.41. The van der Waals surface area contributed by atoms with Crippen LogP contribution in [0.2, 0.25) is 0 Å². The molecule has 0 aliphatic heterocycles. The second-order valence-electron chi connectivity index (χ2n) is 6.36. The fourth-order valence-corrected chi connectivity index (χ4v) is 3.07. The maximum Gasteiger partial charge on any atom is 0.122 e. The number of benzene rings is 1. The molecule has 2 unspecified atom stereocenters. The fourth-order valence-electron chi connectivity index (χ4n) is 3.07. The van der Waals surface area contributed by atoms with Crippen molar-refractivity contribution in [1.82, 2.24) is 0 Å². The maximum absolute atomic E-state index is 5.94. The van der Waals surface area contributed by atoms with Crippen LogP contribution in [0.5, 0.6) is 5.75 Å². The number of nitrogens with two attached hydrogens (primary N) is 1. The van der Waals surface area contributed by atoms with Crippen molar-refractivity contribution < 1.29 is 4.74 Å². The predicted octanol–water partition coefficient (Wildman–Crippen LogP) is 5.02. The van der Waals surface area contributed by atoms with Gasteiger partial charge in [-0.2, -0.15) is 0 Å². The zero-order valence-corrected chi connectivity index (χ0v) is 14.8. The van der Waals surface area contributed by atoms with Gasteiger partial charge in [0.15, 0.2) is 0 Å². The fraction of sp³-hybridized carbons (Fsp3) is 0.684. The Kier molecular flexibility index (Phi) is 7.24. The molecule has 0 aliphatic rings. The minimum Gasteiger partial charge on any atom is -0.493 e. The van der Waals surface area contributed by atoms with Crippen molar-refractivity contribution in [2.24, 2.45) is 5.73 Å². The molecule has 0 saturated heterocycles. The highest BCUT2D eigenvalue weighted by Crippen LogP contribution is 2.36. The minimum atomic E-state index is 0.285. The van der Waals surface area contributed by atoms with Crippen LogP contribution in [0, 0.1) is 20.8 Å². The predicted molar refractivity (Wildman–Crippen MR) is 92.4 cm³/mol. The molecule has 0 aromatic heterocycles. The summed E-state index contributed by atoms with van der Waals surface area (Å²) >= 11 is 0. The van der Waals surface area contributed by atoms with Gasteiger partial charge in [-0.15, -0.1) is 0 Å². The van der Waals surface area contributed by atoms with Crippen LogP contribution in [-0.2, 0) is 0 Å². The van der Waals surface area contributed by atoms with Crippen molar-refractivity contribution in [1.29, 1.82) is 0 Å². The van der Waals surface area contributed by atoms with Gasteiger partial charge in [0, 0.05) is 6.04 Å². The third-order valence-electron chi connectivity index (χ3n) is 4.44. The van der Waals surface area contributed by atoms with Crippen LogP contribution in [0.25, 0.3) is 0 Å². The number of hydrogen-bond acceptors (Lipinski definition) is 2. The average Bonchev–Trinajstić information content (AvgIpc) is 2.44. The molecular formula is C19H33NO. The van der Waals surface area contributed by atoms with Gasteiger partial charge in [0.25, 0.3) is 0 Å². The van der Waals surface area contributed by atoms with E-state index in [1.807, 2.05) is 0 Å². The topological polar surface area (TPSA) is 35.2 Å². The molecule has 2 N–H and O–H groups in total. The summed E-state index contributed by atoms with van der Waals surface area (Å²) < 4.78 is 5.89. The van der Waals surface area contributed by atoms with Crippen LogP contribution in [0.3, 0.4) is 0 Å². The van der Waals surface area contributed by atoms with E-state index in [-0.39, 0.29) is 6.04 Å². The smallest absolute Gasteiger partial charge is 0.122 e. The first kappa shape index (κ1) is 18.0. The molecule has 0 spiro atoms. The second-order valence-corrected chi connectivity index (χ2v) is 6.36. The van der Waals surface area contributed by atoms with E-state index < -0.39 is 0 Å². The van der Waals surface area contributed by atoms with Gasteiger partial charge in [-0.25, -0.2) is 0 Å². The highest BCUT2D eigenvalue weighted by Gasteiger charge is 2.18. The van der Waals surface area contributed by atoms with Crippen LogP contribution in [0.4, 0.5) is 0 Å². The van der Waals surface area contributed by atoms with E-state index in [1.165, 1.54) is 35.1 Å². The van der Waals surface area contributed by atoms with Crippen molar-refractivity contribution in [2.45, 2.75) is 79.2 Å². The zero-order valence-electron chi connectivity index (χ0n) is 14.8. The Labute approximate surface area is 131 Å². The summed E-state index contributed by atoms with van der Waals surface area (Å²) in [6.45, 7) is 14.0. The minimum absolute atomic E-state index is 0.285. The second kappa shape index (κ2) is 8.43. The van der Waals surface area contributed by atoms with Crippen LogP contribution in [0.1, 0.15) is 74.6 Å². The van der Waals surface area contributed by atoms with E-state index in [0.717, 1.165) is 25.2 Å². The molecular weight excluding hydrogens is 258 g/mol. The van der Waals surface area contributed by atoms with E-state index in [9.17, 15) is 0 Å². The Hall–Kier alpha value is -1.02. The summed E-state index contributed by atoms with van der Waals surface area (Å²) in [5, 5.41) is 0. The summed E-state index contributed by atoms with van der Waals surface area (Å²) in [5.74, 6) is 1.66. The summed E-state index contributed by atoms with van der Waals surface area (Å²) in [5.41, 5.74) is 11.5. The summed E-state index contributed by atoms with van der Waals surface area (Å²) in [6.07, 6.45) is 4.48. The molecule has 2 atom stereocenters. The van der Waals surface area contributed by atoms with E-state index in [2.05, 4.69) is 47.6 Å². The van der Waals surface area contributed by atoms with Crippen molar-refractivity contribution in [3.05, 3.63) is 28.3 Å². The van der Waals surface area contributed by atoms with E-state index in [1.54, 1.807) is 0 Å². The van der Waals surface area contributed by atoms with Gasteiger partial charge in [-0.3, -0.25) is 0 Å². The number of aryl methyl sites for hydroxylation is 1. The van der Waals surface area contributed by atoms with Gasteiger partial charge < -0.3 is 10.5 Å². The van der Waals surface area contributed by atoms with E-state index >= 15 is 0 Å². The molecule has 0 aliphatic carbocycles. The maximum atomic E-state index is 5.94. The van der Waals surface area contributed by atoms with Gasteiger partial charge in [0.05, 0.1) is 6.61 Å². The summed E-state index contributed by atoms with van der Waals surface area (Å²) in [4.78, 5) is 0. The average molecular weight is 291 g/mol. The number of rotatable bonds is 8. The lowest BCUT2D eigenvalue weighted by atomic mass is 9.83. The van der Waals surface area contributed by atoms with Gasteiger partial charge in [-0.05, 0) is 87.6 Å². The van der Waals surface area contributed by atoms with E-state index in [4.69, 9.17) is 10.5 Å². The molecule has 21 heavy (non-hydrogen) atoms. The Bertz CT molecular complexity index is 451. The summed E-state index contributed by atoms with van der Waals surface area (Å²) in [7, 11) is 0. The molecule has 1 rings (SSSR count).